The lowest BCUT2D eigenvalue weighted by atomic mass is 10.1. The van der Waals surface area contributed by atoms with Gasteiger partial charge in [0.15, 0.2) is 0 Å². The number of nitrogens with zero attached hydrogens (tertiary/aromatic N) is 2. The maximum atomic E-state index is 13.1. The van der Waals surface area contributed by atoms with Crippen molar-refractivity contribution >= 4 is 54.3 Å². The molecule has 6 nitrogen and oxygen atoms in total. The highest BCUT2D eigenvalue weighted by Gasteiger charge is 2.47. The van der Waals surface area contributed by atoms with E-state index in [2.05, 4.69) is 4.98 Å². The van der Waals surface area contributed by atoms with Gasteiger partial charge in [0, 0.05) is 39.4 Å². The molecule has 11 heteroatoms. The molecule has 5 rings (SSSR count). The van der Waals surface area contributed by atoms with Gasteiger partial charge >= 0.3 is 11.1 Å². The zero-order valence-electron chi connectivity index (χ0n) is 18.1. The molecular weight excluding hydrogens is 505 g/mol. The van der Waals surface area contributed by atoms with E-state index in [9.17, 15) is 26.4 Å². The average molecular weight is 521 g/mol. The van der Waals surface area contributed by atoms with Crippen LogP contribution in [0.2, 0.25) is 5.02 Å². The second-order valence-corrected chi connectivity index (χ2v) is 10.3. The third kappa shape index (κ3) is 3.68. The fourth-order valence-electron chi connectivity index (χ4n) is 4.21. The second kappa shape index (κ2) is 8.10. The number of benzene rings is 2. The van der Waals surface area contributed by atoms with Crippen molar-refractivity contribution in [3.8, 4) is 0 Å². The van der Waals surface area contributed by atoms with Gasteiger partial charge in [-0.05, 0) is 60.0 Å². The summed E-state index contributed by atoms with van der Waals surface area (Å²) in [5.74, 6) is 0. The first-order valence-corrected chi connectivity index (χ1v) is 12.3. The fraction of sp³-hybridized carbons (Fsp3) is 0.167. The number of halogens is 4. The number of fused-ring (bicyclic) bond motifs is 5. The third-order valence-corrected chi connectivity index (χ3v) is 7.77. The first-order valence-electron chi connectivity index (χ1n) is 10.5. The monoisotopic (exact) mass is 520 g/mol. The van der Waals surface area contributed by atoms with Gasteiger partial charge in [0.2, 0.25) is 5.71 Å². The summed E-state index contributed by atoms with van der Waals surface area (Å²) in [5.41, 5.74) is -4.10. The molecular formula is C24H16ClF3N2O4S. The van der Waals surface area contributed by atoms with E-state index in [4.69, 9.17) is 16.0 Å². The topological polar surface area (TPSA) is 82.2 Å². The summed E-state index contributed by atoms with van der Waals surface area (Å²) in [6, 6.07) is 11.9. The molecule has 0 amide bonds. The van der Waals surface area contributed by atoms with E-state index in [1.165, 1.54) is 6.20 Å². The van der Waals surface area contributed by atoms with Crippen molar-refractivity contribution in [1.29, 1.82) is 0 Å². The highest BCUT2D eigenvalue weighted by atomic mass is 35.5. The summed E-state index contributed by atoms with van der Waals surface area (Å²) in [7, 11) is -5.58. The lowest BCUT2D eigenvalue weighted by Gasteiger charge is -2.13. The Morgan fingerprint density at radius 1 is 1.09 bits per heavy atom. The molecule has 3 heterocycles. The van der Waals surface area contributed by atoms with Crippen LogP contribution >= 0.6 is 11.6 Å². The second-order valence-electron chi connectivity index (χ2n) is 7.96. The molecule has 0 saturated carbocycles. The van der Waals surface area contributed by atoms with Crippen LogP contribution in [0.4, 0.5) is 13.2 Å². The quantitative estimate of drug-likeness (QED) is 0.297. The largest absolute Gasteiger partial charge is 0.501 e. The van der Waals surface area contributed by atoms with E-state index in [0.717, 1.165) is 35.6 Å². The Hall–Kier alpha value is -3.37. The highest BCUT2D eigenvalue weighted by Crippen LogP contribution is 2.36. The van der Waals surface area contributed by atoms with Gasteiger partial charge in [-0.25, -0.2) is 18.2 Å². The first kappa shape index (κ1) is 23.4. The Balaban J connectivity index is 1.82. The molecule has 0 unspecified atom stereocenters. The summed E-state index contributed by atoms with van der Waals surface area (Å²) < 4.78 is 70.3. The summed E-state index contributed by atoms with van der Waals surface area (Å²) in [6.45, 7) is 1.82. The van der Waals surface area contributed by atoms with Crippen molar-refractivity contribution in [3.05, 3.63) is 81.3 Å². The number of aromatic nitrogens is 2. The highest BCUT2D eigenvalue weighted by molar-refractivity contribution is 7.92. The lowest BCUT2D eigenvalue weighted by molar-refractivity contribution is -0.0436. The lowest BCUT2D eigenvalue weighted by Crippen LogP contribution is -2.23. The third-order valence-electron chi connectivity index (χ3n) is 5.92. The number of hydrogen-bond donors (Lipinski definition) is 0. The summed E-state index contributed by atoms with van der Waals surface area (Å²) in [5, 5.41) is 1.97. The molecule has 5 aromatic rings. The maximum Gasteiger partial charge on any atom is 0.501 e. The van der Waals surface area contributed by atoms with Gasteiger partial charge in [-0.15, -0.1) is 0 Å². The fourth-order valence-corrected chi connectivity index (χ4v) is 5.20. The smallest absolute Gasteiger partial charge is 0.402 e. The molecule has 0 bridgehead atoms. The molecule has 0 aliphatic rings. The van der Waals surface area contributed by atoms with E-state index < -0.39 is 25.9 Å². The SMILES string of the molecule is CCc1ccc2c(c1)c1c3cccnc3oc(=O)c1n2Cc1cc(S(=O)(=O)C(F)(F)F)ccc1Cl. The van der Waals surface area contributed by atoms with Crippen LogP contribution in [0.25, 0.3) is 32.9 Å². The van der Waals surface area contributed by atoms with Crippen molar-refractivity contribution in [1.82, 2.24) is 9.55 Å². The zero-order valence-corrected chi connectivity index (χ0v) is 19.6. The van der Waals surface area contributed by atoms with Crippen molar-refractivity contribution in [2.24, 2.45) is 0 Å². The Labute approximate surface area is 201 Å². The number of aryl methyl sites for hydroxylation is 1. The van der Waals surface area contributed by atoms with Crippen molar-refractivity contribution in [3.63, 3.8) is 0 Å². The van der Waals surface area contributed by atoms with Crippen LogP contribution in [0.5, 0.6) is 0 Å². The molecule has 0 aliphatic carbocycles. The standard InChI is InChI=1S/C24H16ClF3N2O4S/c1-2-13-5-8-19-17(10-13)20-16-4-3-9-29-22(16)34-23(31)21(20)30(19)12-14-11-15(6-7-18(14)25)35(32,33)24(26,27)28/h3-11H,2,12H2,1H3. The summed E-state index contributed by atoms with van der Waals surface area (Å²) in [4.78, 5) is 16.3. The number of rotatable bonds is 4. The Morgan fingerprint density at radius 3 is 2.57 bits per heavy atom. The van der Waals surface area contributed by atoms with Crippen LogP contribution in [-0.2, 0) is 22.8 Å². The molecule has 0 radical (unpaired) electrons. The Morgan fingerprint density at radius 2 is 1.86 bits per heavy atom. The average Bonchev–Trinajstić information content (AvgIpc) is 3.14. The zero-order chi connectivity index (χ0) is 25.1. The van der Waals surface area contributed by atoms with Gasteiger partial charge in [0.25, 0.3) is 9.84 Å². The number of alkyl halides is 3. The molecule has 0 fully saturated rings. The van der Waals surface area contributed by atoms with Gasteiger partial charge in [-0.2, -0.15) is 13.2 Å². The van der Waals surface area contributed by atoms with E-state index in [1.807, 2.05) is 19.1 Å². The van der Waals surface area contributed by atoms with Crippen molar-refractivity contribution in [2.75, 3.05) is 0 Å². The van der Waals surface area contributed by atoms with E-state index in [0.29, 0.717) is 16.3 Å². The summed E-state index contributed by atoms with van der Waals surface area (Å²) in [6.07, 6.45) is 2.24. The van der Waals surface area contributed by atoms with E-state index in [1.54, 1.807) is 22.8 Å². The molecule has 0 spiro atoms. The summed E-state index contributed by atoms with van der Waals surface area (Å²) >= 11 is 6.26. The molecule has 0 aliphatic heterocycles. The number of pyridine rings is 1. The van der Waals surface area contributed by atoms with Crippen LogP contribution in [0.1, 0.15) is 18.1 Å². The minimum Gasteiger partial charge on any atom is -0.402 e. The minimum absolute atomic E-state index is 0.0538. The van der Waals surface area contributed by atoms with Gasteiger partial charge < -0.3 is 8.98 Å². The molecule has 0 N–H and O–H groups in total. The molecule has 2 aromatic carbocycles. The van der Waals surface area contributed by atoms with Crippen molar-refractivity contribution < 1.29 is 26.0 Å². The maximum absolute atomic E-state index is 13.1. The molecule has 3 aromatic heterocycles. The van der Waals surface area contributed by atoms with Crippen LogP contribution in [0, 0.1) is 0 Å². The Bertz CT molecular complexity index is 1810. The van der Waals surface area contributed by atoms with E-state index >= 15 is 0 Å². The van der Waals surface area contributed by atoms with Crippen LogP contribution in [0.3, 0.4) is 0 Å². The van der Waals surface area contributed by atoms with Gasteiger partial charge in [0.1, 0.15) is 5.52 Å². The van der Waals surface area contributed by atoms with Gasteiger partial charge in [0.05, 0.1) is 4.90 Å². The Kier molecular flexibility index (Phi) is 5.41. The molecule has 0 atom stereocenters. The van der Waals surface area contributed by atoms with Crippen LogP contribution < -0.4 is 5.63 Å². The van der Waals surface area contributed by atoms with Crippen molar-refractivity contribution in [2.45, 2.75) is 30.3 Å². The minimum atomic E-state index is -5.58. The molecule has 35 heavy (non-hydrogen) atoms. The number of sulfone groups is 1. The molecule has 180 valence electrons. The van der Waals surface area contributed by atoms with Crippen LogP contribution in [0.15, 0.2) is 68.8 Å². The van der Waals surface area contributed by atoms with Gasteiger partial charge in [-0.1, -0.05) is 24.6 Å². The predicted octanol–water partition coefficient (Wildman–Crippen LogP) is 5.85. The van der Waals surface area contributed by atoms with E-state index in [-0.39, 0.29) is 28.4 Å². The predicted molar refractivity (Wildman–Crippen MR) is 126 cm³/mol. The van der Waals surface area contributed by atoms with Crippen LogP contribution in [-0.4, -0.2) is 23.5 Å². The normalized spacial score (nSPS) is 12.7. The number of hydrogen-bond acceptors (Lipinski definition) is 5. The first-order chi connectivity index (χ1) is 16.5. The van der Waals surface area contributed by atoms with Gasteiger partial charge in [-0.3, -0.25) is 0 Å². The molecule has 0 saturated heterocycles.